The summed E-state index contributed by atoms with van der Waals surface area (Å²) in [5, 5.41) is 0. The number of carbonyl (C=O) groups is 1. The van der Waals surface area contributed by atoms with Gasteiger partial charge in [-0.1, -0.05) is 6.07 Å². The number of hydrogen-bond donors (Lipinski definition) is 0. The summed E-state index contributed by atoms with van der Waals surface area (Å²) in [5.74, 6) is 1.12. The smallest absolute Gasteiger partial charge is 0.338 e. The molecule has 0 spiro atoms. The first-order chi connectivity index (χ1) is 10.7. The lowest BCUT2D eigenvalue weighted by Crippen LogP contribution is -3.00. The van der Waals surface area contributed by atoms with Crippen LogP contribution in [0.5, 0.6) is 11.5 Å². The van der Waals surface area contributed by atoms with Crippen molar-refractivity contribution in [2.45, 2.75) is 13.0 Å². The predicted molar refractivity (Wildman–Crippen MR) is 81.2 cm³/mol. The number of carbonyl (C=O) groups excluding carboxylic acids is 1. The quantitative estimate of drug-likeness (QED) is 0.337. The van der Waals surface area contributed by atoms with Crippen molar-refractivity contribution >= 4 is 5.97 Å². The number of ether oxygens (including phenoxy) is 3. The molecular formula is C17H20INO4. The molecule has 0 saturated heterocycles. The molecule has 6 heteroatoms. The second-order valence-corrected chi connectivity index (χ2v) is 4.76. The minimum atomic E-state index is -0.327. The van der Waals surface area contributed by atoms with Crippen molar-refractivity contribution in [3.63, 3.8) is 0 Å². The molecule has 0 radical (unpaired) electrons. The average Bonchev–Trinajstić information content (AvgIpc) is 2.59. The Labute approximate surface area is 153 Å². The zero-order valence-corrected chi connectivity index (χ0v) is 15.6. The van der Waals surface area contributed by atoms with Crippen molar-refractivity contribution in [2.24, 2.45) is 0 Å². The van der Waals surface area contributed by atoms with E-state index in [9.17, 15) is 4.79 Å². The van der Waals surface area contributed by atoms with Crippen molar-refractivity contribution < 1.29 is 47.5 Å². The summed E-state index contributed by atoms with van der Waals surface area (Å²) >= 11 is 0. The van der Waals surface area contributed by atoms with E-state index in [2.05, 4.69) is 4.74 Å². The van der Waals surface area contributed by atoms with Crippen LogP contribution in [0, 0.1) is 0 Å². The number of halogens is 1. The standard InChI is InChI=1S/C17H20NO4.HI/c1-20-15-5-4-13(12-16(15)21-2)6-9-18-10-7-14(8-11-18)17(19)22-3;/h4-5,7-8,10-12H,6,9H2,1-3H3;1H/q+1;/p-1. The molecule has 5 nitrogen and oxygen atoms in total. The summed E-state index contributed by atoms with van der Waals surface area (Å²) in [6.45, 7) is 0.803. The minimum absolute atomic E-state index is 0. The number of aryl methyl sites for hydroxylation is 2. The fourth-order valence-electron chi connectivity index (χ4n) is 2.15. The molecule has 0 atom stereocenters. The number of nitrogens with zero attached hydrogens (tertiary/aromatic N) is 1. The third-order valence-corrected chi connectivity index (χ3v) is 3.42. The van der Waals surface area contributed by atoms with Crippen LogP contribution in [0.1, 0.15) is 15.9 Å². The van der Waals surface area contributed by atoms with Crippen molar-refractivity contribution in [3.05, 3.63) is 53.9 Å². The van der Waals surface area contributed by atoms with Gasteiger partial charge in [-0.25, -0.2) is 9.36 Å². The Morgan fingerprint density at radius 2 is 1.65 bits per heavy atom. The Morgan fingerprint density at radius 3 is 2.22 bits per heavy atom. The Hall–Kier alpha value is -1.83. The Balaban J connectivity index is 0.00000264. The van der Waals surface area contributed by atoms with Gasteiger partial charge in [0.15, 0.2) is 30.4 Å². The van der Waals surface area contributed by atoms with Crippen LogP contribution < -0.4 is 38.0 Å². The Bertz CT molecular complexity index is 644. The molecule has 23 heavy (non-hydrogen) atoms. The van der Waals surface area contributed by atoms with Crippen LogP contribution in [-0.4, -0.2) is 27.3 Å². The number of hydrogen-bond acceptors (Lipinski definition) is 4. The fraction of sp³-hybridized carbons (Fsp3) is 0.294. The van der Waals surface area contributed by atoms with Gasteiger partial charge in [0, 0.05) is 18.6 Å². The van der Waals surface area contributed by atoms with Gasteiger partial charge in [-0.3, -0.25) is 0 Å². The van der Waals surface area contributed by atoms with Crippen molar-refractivity contribution in [1.29, 1.82) is 0 Å². The van der Waals surface area contributed by atoms with Gasteiger partial charge in [-0.2, -0.15) is 0 Å². The number of aromatic nitrogens is 1. The molecule has 0 bridgehead atoms. The van der Waals surface area contributed by atoms with Crippen LogP contribution in [0.3, 0.4) is 0 Å². The van der Waals surface area contributed by atoms with E-state index < -0.39 is 0 Å². The van der Waals surface area contributed by atoms with Crippen LogP contribution in [0.25, 0.3) is 0 Å². The second-order valence-electron chi connectivity index (χ2n) is 4.76. The van der Waals surface area contributed by atoms with E-state index in [1.165, 1.54) is 7.11 Å². The lowest BCUT2D eigenvalue weighted by molar-refractivity contribution is -0.696. The lowest BCUT2D eigenvalue weighted by Gasteiger charge is -2.08. The van der Waals surface area contributed by atoms with Gasteiger partial charge < -0.3 is 38.2 Å². The topological polar surface area (TPSA) is 48.6 Å². The fourth-order valence-corrected chi connectivity index (χ4v) is 2.15. The summed E-state index contributed by atoms with van der Waals surface area (Å²) in [7, 11) is 4.62. The molecule has 1 heterocycles. The first kappa shape index (κ1) is 19.2. The highest BCUT2D eigenvalue weighted by molar-refractivity contribution is 5.88. The molecule has 0 N–H and O–H groups in total. The molecule has 0 aliphatic rings. The normalized spacial score (nSPS) is 9.70. The van der Waals surface area contributed by atoms with E-state index in [1.54, 1.807) is 26.4 Å². The highest BCUT2D eigenvalue weighted by Gasteiger charge is 2.09. The Kier molecular flexibility index (Phi) is 7.80. The van der Waals surface area contributed by atoms with Crippen LogP contribution in [0.4, 0.5) is 0 Å². The van der Waals surface area contributed by atoms with Gasteiger partial charge in [-0.15, -0.1) is 0 Å². The number of esters is 1. The third-order valence-electron chi connectivity index (χ3n) is 3.42. The largest absolute Gasteiger partial charge is 1.00 e. The maximum absolute atomic E-state index is 11.4. The van der Waals surface area contributed by atoms with Crippen molar-refractivity contribution in [1.82, 2.24) is 0 Å². The highest BCUT2D eigenvalue weighted by atomic mass is 127. The zero-order valence-electron chi connectivity index (χ0n) is 13.4. The molecule has 0 aliphatic heterocycles. The van der Waals surface area contributed by atoms with Crippen LogP contribution in [0.2, 0.25) is 0 Å². The summed E-state index contributed by atoms with van der Waals surface area (Å²) in [6, 6.07) is 9.40. The first-order valence-electron chi connectivity index (χ1n) is 6.96. The SMILES string of the molecule is COC(=O)c1cc[n+](CCc2ccc(OC)c(OC)c2)cc1.[I-]. The lowest BCUT2D eigenvalue weighted by atomic mass is 10.1. The van der Waals surface area contributed by atoms with Gasteiger partial charge in [0.05, 0.1) is 26.9 Å². The molecule has 0 aliphatic carbocycles. The summed E-state index contributed by atoms with van der Waals surface area (Å²) in [6.07, 6.45) is 4.59. The van der Waals surface area contributed by atoms with Gasteiger partial charge in [0.1, 0.15) is 0 Å². The molecule has 2 aromatic rings. The monoisotopic (exact) mass is 429 g/mol. The number of rotatable bonds is 6. The van der Waals surface area contributed by atoms with Crippen molar-refractivity contribution in [2.75, 3.05) is 21.3 Å². The van der Waals surface area contributed by atoms with E-state index in [0.29, 0.717) is 5.56 Å². The Morgan fingerprint density at radius 1 is 1.00 bits per heavy atom. The molecular weight excluding hydrogens is 409 g/mol. The minimum Gasteiger partial charge on any atom is -1.00 e. The zero-order chi connectivity index (χ0) is 15.9. The van der Waals surface area contributed by atoms with Gasteiger partial charge in [-0.05, 0) is 17.7 Å². The van der Waals surface area contributed by atoms with E-state index in [1.807, 2.05) is 35.2 Å². The van der Waals surface area contributed by atoms with E-state index >= 15 is 0 Å². The van der Waals surface area contributed by atoms with Gasteiger partial charge in [0.25, 0.3) is 0 Å². The number of methoxy groups -OCH3 is 3. The van der Waals surface area contributed by atoms with Gasteiger partial charge in [0.2, 0.25) is 0 Å². The molecule has 0 amide bonds. The molecule has 0 saturated carbocycles. The highest BCUT2D eigenvalue weighted by Crippen LogP contribution is 2.27. The average molecular weight is 429 g/mol. The van der Waals surface area contributed by atoms with Crippen LogP contribution in [-0.2, 0) is 17.7 Å². The number of pyridine rings is 1. The second kappa shape index (κ2) is 9.34. The van der Waals surface area contributed by atoms with Gasteiger partial charge >= 0.3 is 5.97 Å². The maximum Gasteiger partial charge on any atom is 0.338 e. The van der Waals surface area contributed by atoms with Crippen LogP contribution in [0.15, 0.2) is 42.7 Å². The molecule has 0 unspecified atom stereocenters. The van der Waals surface area contributed by atoms with Crippen molar-refractivity contribution in [3.8, 4) is 11.5 Å². The first-order valence-corrected chi connectivity index (χ1v) is 6.96. The summed E-state index contributed by atoms with van der Waals surface area (Å²) in [4.78, 5) is 11.4. The molecule has 0 fully saturated rings. The molecule has 1 aromatic carbocycles. The van der Waals surface area contributed by atoms with E-state index in [4.69, 9.17) is 9.47 Å². The summed E-state index contributed by atoms with van der Waals surface area (Å²) < 4.78 is 17.2. The molecule has 1 aromatic heterocycles. The van der Waals surface area contributed by atoms with E-state index in [0.717, 1.165) is 30.0 Å². The third kappa shape index (κ3) is 5.09. The summed E-state index contributed by atoms with van der Waals surface area (Å²) in [5.41, 5.74) is 1.70. The van der Waals surface area contributed by atoms with E-state index in [-0.39, 0.29) is 29.9 Å². The predicted octanol–water partition coefficient (Wildman–Crippen LogP) is -0.975. The maximum atomic E-state index is 11.4. The number of benzene rings is 1. The molecule has 124 valence electrons. The van der Waals surface area contributed by atoms with Crippen LogP contribution >= 0.6 is 0 Å². The molecule has 2 rings (SSSR count).